The van der Waals surface area contributed by atoms with E-state index in [9.17, 15) is 0 Å². The lowest BCUT2D eigenvalue weighted by atomic mass is 9.99. The third kappa shape index (κ3) is 4.60. The molecule has 0 aliphatic heterocycles. The monoisotopic (exact) mass is 279 g/mol. The minimum atomic E-state index is -0.263. The Morgan fingerprint density at radius 3 is 2.43 bits per heavy atom. The predicted molar refractivity (Wildman–Crippen MR) is 88.7 cm³/mol. The van der Waals surface area contributed by atoms with Crippen LogP contribution in [0.1, 0.15) is 30.5 Å². The van der Waals surface area contributed by atoms with Gasteiger partial charge in [0.1, 0.15) is 5.60 Å². The predicted octanol–water partition coefficient (Wildman–Crippen LogP) is 4.73. The van der Waals surface area contributed by atoms with Gasteiger partial charge in [0.15, 0.2) is 0 Å². The molecule has 2 aromatic rings. The molecule has 2 heteroatoms. The first kappa shape index (κ1) is 15.0. The largest absolute Gasteiger partial charge is 0.495 e. The average Bonchev–Trinajstić information content (AvgIpc) is 2.48. The molecule has 0 saturated carbocycles. The Bertz CT molecular complexity index is 614. The molecule has 1 aromatic carbocycles. The van der Waals surface area contributed by atoms with Crippen molar-refractivity contribution in [2.24, 2.45) is 0 Å². The Hall–Kier alpha value is -2.35. The summed E-state index contributed by atoms with van der Waals surface area (Å²) in [6, 6.07) is 12.1. The molecule has 0 atom stereocenters. The fourth-order valence-electron chi connectivity index (χ4n) is 2.17. The van der Waals surface area contributed by atoms with E-state index >= 15 is 0 Å². The van der Waals surface area contributed by atoms with Gasteiger partial charge in [-0.25, -0.2) is 0 Å². The number of ether oxygens (including phenoxy) is 1. The zero-order chi connectivity index (χ0) is 15.1. The van der Waals surface area contributed by atoms with Crippen LogP contribution in [0.15, 0.2) is 61.6 Å². The number of hydrogen-bond acceptors (Lipinski definition) is 2. The van der Waals surface area contributed by atoms with Gasteiger partial charge in [0.2, 0.25) is 0 Å². The average molecular weight is 279 g/mol. The maximum Gasteiger partial charge on any atom is 0.107 e. The van der Waals surface area contributed by atoms with Gasteiger partial charge in [-0.1, -0.05) is 36.9 Å². The van der Waals surface area contributed by atoms with Gasteiger partial charge in [0.05, 0.1) is 6.26 Å². The van der Waals surface area contributed by atoms with Crippen LogP contribution in [-0.2, 0) is 11.2 Å². The van der Waals surface area contributed by atoms with Crippen molar-refractivity contribution in [2.75, 3.05) is 0 Å². The van der Waals surface area contributed by atoms with Gasteiger partial charge in [0, 0.05) is 18.8 Å². The highest BCUT2D eigenvalue weighted by Gasteiger charge is 2.18. The van der Waals surface area contributed by atoms with Gasteiger partial charge >= 0.3 is 0 Å². The van der Waals surface area contributed by atoms with Crippen LogP contribution in [0.5, 0.6) is 0 Å². The van der Waals surface area contributed by atoms with Crippen molar-refractivity contribution in [3.63, 3.8) is 0 Å². The summed E-state index contributed by atoms with van der Waals surface area (Å²) < 4.78 is 5.90. The first-order chi connectivity index (χ1) is 10.1. The number of pyridine rings is 1. The van der Waals surface area contributed by atoms with Crippen molar-refractivity contribution in [1.29, 1.82) is 0 Å². The van der Waals surface area contributed by atoms with Crippen LogP contribution in [0, 0.1) is 0 Å². The molecule has 0 bridgehead atoms. The fraction of sp³-hybridized carbons (Fsp3) is 0.211. The summed E-state index contributed by atoms with van der Waals surface area (Å²) in [6.45, 7) is 7.98. The first-order valence-corrected chi connectivity index (χ1v) is 7.05. The van der Waals surface area contributed by atoms with Crippen LogP contribution in [0.25, 0.3) is 12.2 Å². The van der Waals surface area contributed by atoms with Crippen molar-refractivity contribution in [2.45, 2.75) is 25.9 Å². The maximum atomic E-state index is 5.90. The highest BCUT2D eigenvalue weighted by molar-refractivity contribution is 5.63. The smallest absolute Gasteiger partial charge is 0.107 e. The zero-order valence-corrected chi connectivity index (χ0v) is 12.6. The minimum Gasteiger partial charge on any atom is -0.495 e. The third-order valence-electron chi connectivity index (χ3n) is 3.23. The van der Waals surface area contributed by atoms with Crippen molar-refractivity contribution in [3.05, 3.63) is 78.3 Å². The number of benzene rings is 1. The molecule has 0 unspecified atom stereocenters. The van der Waals surface area contributed by atoms with Crippen LogP contribution in [-0.4, -0.2) is 10.6 Å². The quantitative estimate of drug-likeness (QED) is 0.713. The Labute approximate surface area is 126 Å². The molecule has 108 valence electrons. The van der Waals surface area contributed by atoms with E-state index in [1.165, 1.54) is 5.56 Å². The van der Waals surface area contributed by atoms with Crippen molar-refractivity contribution in [1.82, 2.24) is 4.98 Å². The van der Waals surface area contributed by atoms with Gasteiger partial charge < -0.3 is 4.74 Å². The van der Waals surface area contributed by atoms with Gasteiger partial charge in [-0.3, -0.25) is 4.98 Å². The van der Waals surface area contributed by atoms with E-state index in [1.54, 1.807) is 6.26 Å². The van der Waals surface area contributed by atoms with E-state index < -0.39 is 0 Å². The van der Waals surface area contributed by atoms with Gasteiger partial charge in [-0.15, -0.1) is 0 Å². The van der Waals surface area contributed by atoms with Crippen LogP contribution >= 0.6 is 0 Å². The summed E-state index contributed by atoms with van der Waals surface area (Å²) in [5, 5.41) is 0. The van der Waals surface area contributed by atoms with Gasteiger partial charge in [-0.2, -0.15) is 0 Å². The number of nitrogens with zero attached hydrogens (tertiary/aromatic N) is 1. The lowest BCUT2D eigenvalue weighted by Gasteiger charge is -2.24. The molecular formula is C19H21NO. The number of hydrogen-bond donors (Lipinski definition) is 0. The Morgan fingerprint density at radius 1 is 1.10 bits per heavy atom. The van der Waals surface area contributed by atoms with Gasteiger partial charge in [-0.05, 0) is 48.7 Å². The van der Waals surface area contributed by atoms with Crippen LogP contribution in [0.4, 0.5) is 0 Å². The third-order valence-corrected chi connectivity index (χ3v) is 3.23. The summed E-state index contributed by atoms with van der Waals surface area (Å²) in [7, 11) is 0. The molecule has 0 spiro atoms. The van der Waals surface area contributed by atoms with Crippen LogP contribution in [0.2, 0.25) is 0 Å². The van der Waals surface area contributed by atoms with Crippen LogP contribution in [0.3, 0.4) is 0 Å². The Balaban J connectivity index is 2.01. The molecule has 0 saturated heterocycles. The fourth-order valence-corrected chi connectivity index (χ4v) is 2.17. The molecule has 2 nitrogen and oxygen atoms in total. The summed E-state index contributed by atoms with van der Waals surface area (Å²) in [4.78, 5) is 4.03. The maximum absolute atomic E-state index is 5.90. The minimum absolute atomic E-state index is 0.263. The zero-order valence-electron chi connectivity index (χ0n) is 12.6. The summed E-state index contributed by atoms with van der Waals surface area (Å²) in [6.07, 6.45) is 10.0. The van der Waals surface area contributed by atoms with Crippen LogP contribution < -0.4 is 0 Å². The molecule has 1 aromatic heterocycles. The number of rotatable bonds is 6. The molecule has 0 fully saturated rings. The van der Waals surface area contributed by atoms with E-state index in [1.807, 2.05) is 60.9 Å². The second-order valence-electron chi connectivity index (χ2n) is 5.55. The lowest BCUT2D eigenvalue weighted by Crippen LogP contribution is -2.24. The molecule has 0 aliphatic rings. The van der Waals surface area contributed by atoms with E-state index in [-0.39, 0.29) is 5.60 Å². The van der Waals surface area contributed by atoms with E-state index in [0.717, 1.165) is 17.5 Å². The second kappa shape index (κ2) is 6.89. The summed E-state index contributed by atoms with van der Waals surface area (Å²) >= 11 is 0. The van der Waals surface area contributed by atoms with E-state index in [4.69, 9.17) is 4.74 Å². The Morgan fingerprint density at radius 2 is 1.76 bits per heavy atom. The molecular weight excluding hydrogens is 258 g/mol. The lowest BCUT2D eigenvalue weighted by molar-refractivity contribution is 0.0597. The summed E-state index contributed by atoms with van der Waals surface area (Å²) in [5.74, 6) is 0. The van der Waals surface area contributed by atoms with Crippen molar-refractivity contribution >= 4 is 12.2 Å². The van der Waals surface area contributed by atoms with Gasteiger partial charge in [0.25, 0.3) is 0 Å². The van der Waals surface area contributed by atoms with E-state index in [2.05, 4.69) is 25.4 Å². The molecule has 0 amide bonds. The SMILES string of the molecule is C=Cc1ccccc1C=COC(C)(C)Cc1ccncc1. The second-order valence-corrected chi connectivity index (χ2v) is 5.55. The van der Waals surface area contributed by atoms with E-state index in [0.29, 0.717) is 0 Å². The Kier molecular flexibility index (Phi) is 4.94. The molecule has 0 radical (unpaired) electrons. The normalized spacial score (nSPS) is 11.5. The highest BCUT2D eigenvalue weighted by atomic mass is 16.5. The molecule has 1 heterocycles. The summed E-state index contributed by atoms with van der Waals surface area (Å²) in [5.41, 5.74) is 3.16. The van der Waals surface area contributed by atoms with Crippen molar-refractivity contribution < 1.29 is 4.74 Å². The molecule has 2 rings (SSSR count). The first-order valence-electron chi connectivity index (χ1n) is 7.05. The number of aromatic nitrogens is 1. The van der Waals surface area contributed by atoms with Crippen molar-refractivity contribution in [3.8, 4) is 0 Å². The molecule has 0 N–H and O–H groups in total. The molecule has 21 heavy (non-hydrogen) atoms. The molecule has 0 aliphatic carbocycles. The highest BCUT2D eigenvalue weighted by Crippen LogP contribution is 2.18. The standard InChI is InChI=1S/C19H21NO/c1-4-17-7-5-6-8-18(17)11-14-21-19(2,3)15-16-9-12-20-13-10-16/h4-14H,1,15H2,2-3H3. The topological polar surface area (TPSA) is 22.1 Å².